The first-order valence-corrected chi connectivity index (χ1v) is 9.06. The second-order valence-corrected chi connectivity index (χ2v) is 6.84. The van der Waals surface area contributed by atoms with Gasteiger partial charge in [-0.3, -0.25) is 4.79 Å². The number of aromatic nitrogens is 3. The number of aliphatic carboxylic acids is 1. The summed E-state index contributed by atoms with van der Waals surface area (Å²) in [6.45, 7) is 1.70. The summed E-state index contributed by atoms with van der Waals surface area (Å²) < 4.78 is 46.6. The number of rotatable bonds is 5. The molecule has 0 spiro atoms. The van der Waals surface area contributed by atoms with Crippen LogP contribution in [0.4, 0.5) is 13.2 Å². The Morgan fingerprint density at radius 2 is 2.00 bits per heavy atom. The lowest BCUT2D eigenvalue weighted by Crippen LogP contribution is -2.07. The van der Waals surface area contributed by atoms with Crippen molar-refractivity contribution in [1.82, 2.24) is 14.7 Å². The van der Waals surface area contributed by atoms with Gasteiger partial charge in [0, 0.05) is 34.8 Å². The van der Waals surface area contributed by atoms with Crippen LogP contribution in [0.2, 0.25) is 0 Å². The number of fused-ring (bicyclic) bond motifs is 1. The Kier molecular flexibility index (Phi) is 4.81. The Morgan fingerprint density at radius 3 is 2.73 bits per heavy atom. The molecule has 0 unspecified atom stereocenters. The molecule has 30 heavy (non-hydrogen) atoms. The molecule has 0 fully saturated rings. The van der Waals surface area contributed by atoms with Gasteiger partial charge in [-0.05, 0) is 36.8 Å². The van der Waals surface area contributed by atoms with E-state index in [2.05, 4.69) is 10.1 Å². The molecule has 2 aromatic carbocycles. The molecular formula is C21H16F3N3O3. The highest BCUT2D eigenvalue weighted by molar-refractivity contribution is 5.94. The van der Waals surface area contributed by atoms with E-state index in [1.165, 1.54) is 19.1 Å². The van der Waals surface area contributed by atoms with Crippen molar-refractivity contribution in [2.24, 2.45) is 0 Å². The fraction of sp³-hybridized carbons (Fsp3) is 0.190. The van der Waals surface area contributed by atoms with Gasteiger partial charge >= 0.3 is 12.1 Å². The van der Waals surface area contributed by atoms with Gasteiger partial charge in [-0.25, -0.2) is 0 Å². The zero-order valence-corrected chi connectivity index (χ0v) is 15.8. The summed E-state index contributed by atoms with van der Waals surface area (Å²) in [5.41, 5.74) is 0.975. The predicted octanol–water partition coefficient (Wildman–Crippen LogP) is 5.16. The van der Waals surface area contributed by atoms with Crippen LogP contribution < -0.4 is 0 Å². The zero-order chi connectivity index (χ0) is 21.5. The summed E-state index contributed by atoms with van der Waals surface area (Å²) in [4.78, 5) is 15.1. The van der Waals surface area contributed by atoms with Crippen LogP contribution in [0.25, 0.3) is 33.7 Å². The van der Waals surface area contributed by atoms with Crippen LogP contribution in [0.5, 0.6) is 0 Å². The molecular weight excluding hydrogens is 399 g/mol. The highest BCUT2D eigenvalue weighted by atomic mass is 19.4. The van der Waals surface area contributed by atoms with Crippen LogP contribution in [0, 0.1) is 6.92 Å². The SMILES string of the molecule is Cc1ccc(-c2nc(-c3cccc4c3ccn4CCC(=O)O)no2)cc1C(F)(F)F. The lowest BCUT2D eigenvalue weighted by atomic mass is 10.0. The Balaban J connectivity index is 1.71. The van der Waals surface area contributed by atoms with E-state index in [1.807, 2.05) is 16.7 Å². The lowest BCUT2D eigenvalue weighted by molar-refractivity contribution is -0.138. The van der Waals surface area contributed by atoms with E-state index < -0.39 is 17.7 Å². The monoisotopic (exact) mass is 415 g/mol. The van der Waals surface area contributed by atoms with Crippen LogP contribution >= 0.6 is 0 Å². The molecule has 9 heteroatoms. The molecule has 4 aromatic rings. The lowest BCUT2D eigenvalue weighted by Gasteiger charge is -2.10. The van der Waals surface area contributed by atoms with Crippen LogP contribution in [0.15, 0.2) is 53.2 Å². The Hall–Kier alpha value is -3.62. The minimum atomic E-state index is -4.48. The molecule has 4 rings (SSSR count). The Morgan fingerprint density at radius 1 is 1.20 bits per heavy atom. The fourth-order valence-corrected chi connectivity index (χ4v) is 3.34. The van der Waals surface area contributed by atoms with Gasteiger partial charge in [0.15, 0.2) is 0 Å². The minimum absolute atomic E-state index is 0.0159. The molecule has 0 amide bonds. The molecule has 0 aliphatic heterocycles. The highest BCUT2D eigenvalue weighted by Gasteiger charge is 2.33. The first kappa shape index (κ1) is 19.7. The largest absolute Gasteiger partial charge is 0.481 e. The van der Waals surface area contributed by atoms with Crippen molar-refractivity contribution < 1.29 is 27.6 Å². The number of hydrogen-bond donors (Lipinski definition) is 1. The van der Waals surface area contributed by atoms with E-state index in [0.717, 1.165) is 17.0 Å². The molecule has 0 saturated heterocycles. The molecule has 0 bridgehead atoms. The molecule has 2 aromatic heterocycles. The average Bonchev–Trinajstić information content (AvgIpc) is 3.33. The van der Waals surface area contributed by atoms with Gasteiger partial charge in [0.2, 0.25) is 5.82 Å². The van der Waals surface area contributed by atoms with Crippen molar-refractivity contribution in [3.8, 4) is 22.8 Å². The third-order valence-electron chi connectivity index (χ3n) is 4.84. The molecule has 0 atom stereocenters. The van der Waals surface area contributed by atoms with Crippen LogP contribution in [-0.2, 0) is 17.5 Å². The normalized spacial score (nSPS) is 11.9. The summed E-state index contributed by atoms with van der Waals surface area (Å²) >= 11 is 0. The van der Waals surface area contributed by atoms with Crippen LogP contribution in [-0.4, -0.2) is 25.8 Å². The topological polar surface area (TPSA) is 81.2 Å². The summed E-state index contributed by atoms with van der Waals surface area (Å²) in [6.07, 6.45) is -2.73. The molecule has 6 nitrogen and oxygen atoms in total. The number of aryl methyl sites for hydroxylation is 2. The van der Waals surface area contributed by atoms with Gasteiger partial charge < -0.3 is 14.2 Å². The van der Waals surface area contributed by atoms with E-state index in [0.29, 0.717) is 12.1 Å². The maximum atomic E-state index is 13.2. The van der Waals surface area contributed by atoms with Crippen molar-refractivity contribution in [3.63, 3.8) is 0 Å². The van der Waals surface area contributed by atoms with Crippen molar-refractivity contribution in [2.45, 2.75) is 26.1 Å². The maximum absolute atomic E-state index is 13.2. The second kappa shape index (κ2) is 7.33. The molecule has 0 saturated carbocycles. The van der Waals surface area contributed by atoms with Gasteiger partial charge in [0.25, 0.3) is 5.89 Å². The van der Waals surface area contributed by atoms with Gasteiger partial charge in [0.05, 0.1) is 12.0 Å². The number of benzene rings is 2. The van der Waals surface area contributed by atoms with E-state index in [9.17, 15) is 18.0 Å². The zero-order valence-electron chi connectivity index (χ0n) is 15.8. The van der Waals surface area contributed by atoms with Crippen molar-refractivity contribution in [1.29, 1.82) is 0 Å². The van der Waals surface area contributed by atoms with Crippen molar-refractivity contribution in [2.75, 3.05) is 0 Å². The summed E-state index contributed by atoms with van der Waals surface area (Å²) in [5, 5.41) is 13.6. The minimum Gasteiger partial charge on any atom is -0.481 e. The molecule has 2 heterocycles. The van der Waals surface area contributed by atoms with Crippen molar-refractivity contribution >= 4 is 16.9 Å². The van der Waals surface area contributed by atoms with Gasteiger partial charge in [-0.1, -0.05) is 23.4 Å². The Bertz CT molecular complexity index is 1240. The third kappa shape index (κ3) is 3.66. The number of alkyl halides is 3. The van der Waals surface area contributed by atoms with E-state index in [4.69, 9.17) is 9.63 Å². The number of nitrogens with zero attached hydrogens (tertiary/aromatic N) is 3. The summed E-state index contributed by atoms with van der Waals surface area (Å²) in [5.74, 6) is -0.675. The number of carbonyl (C=O) groups is 1. The summed E-state index contributed by atoms with van der Waals surface area (Å²) in [7, 11) is 0. The number of hydrogen-bond acceptors (Lipinski definition) is 4. The van der Waals surface area contributed by atoms with Crippen LogP contribution in [0.3, 0.4) is 0 Å². The smallest absolute Gasteiger partial charge is 0.416 e. The van der Waals surface area contributed by atoms with E-state index in [-0.39, 0.29) is 29.3 Å². The van der Waals surface area contributed by atoms with Gasteiger partial charge in [-0.2, -0.15) is 18.2 Å². The molecule has 0 radical (unpaired) electrons. The third-order valence-corrected chi connectivity index (χ3v) is 4.84. The molecule has 0 aliphatic carbocycles. The quantitative estimate of drug-likeness (QED) is 0.487. The van der Waals surface area contributed by atoms with Crippen molar-refractivity contribution in [3.05, 3.63) is 59.8 Å². The molecule has 1 N–H and O–H groups in total. The molecule has 0 aliphatic rings. The van der Waals surface area contributed by atoms with Gasteiger partial charge in [-0.15, -0.1) is 0 Å². The second-order valence-electron chi connectivity index (χ2n) is 6.84. The standard InChI is InChI=1S/C21H16F3N3O3/c1-12-5-6-13(11-16(12)21(22,23)24)20-25-19(26-30-20)15-3-2-4-17-14(15)7-9-27(17)10-8-18(28)29/h2-7,9,11H,8,10H2,1H3,(H,28,29). The van der Waals surface area contributed by atoms with E-state index >= 15 is 0 Å². The van der Waals surface area contributed by atoms with Gasteiger partial charge in [0.1, 0.15) is 0 Å². The Labute approximate surface area is 168 Å². The maximum Gasteiger partial charge on any atom is 0.416 e. The number of carboxylic acids is 1. The first-order chi connectivity index (χ1) is 14.2. The fourth-order valence-electron chi connectivity index (χ4n) is 3.34. The number of halogens is 3. The highest BCUT2D eigenvalue weighted by Crippen LogP contribution is 2.35. The van der Waals surface area contributed by atoms with E-state index in [1.54, 1.807) is 18.3 Å². The molecule has 154 valence electrons. The predicted molar refractivity (Wildman–Crippen MR) is 103 cm³/mol. The number of carboxylic acid groups (broad SMARTS) is 1. The summed E-state index contributed by atoms with van der Waals surface area (Å²) in [6, 6.07) is 11.1. The average molecular weight is 415 g/mol. The van der Waals surface area contributed by atoms with Crippen LogP contribution in [0.1, 0.15) is 17.5 Å². The first-order valence-electron chi connectivity index (χ1n) is 9.06.